The molecule has 1 aromatic heterocycles. The molecule has 6 heteroatoms. The summed E-state index contributed by atoms with van der Waals surface area (Å²) in [5, 5.41) is 5.27. The fourth-order valence-corrected chi connectivity index (χ4v) is 4.31. The predicted molar refractivity (Wildman–Crippen MR) is 103 cm³/mol. The molecule has 1 aromatic rings. The highest BCUT2D eigenvalue weighted by Gasteiger charge is 2.31. The Morgan fingerprint density at radius 1 is 1.36 bits per heavy atom. The molecule has 3 amide bonds. The Hall–Kier alpha value is -1.56. The molecule has 0 aromatic carbocycles. The van der Waals surface area contributed by atoms with Crippen LogP contribution in [0.2, 0.25) is 0 Å². The lowest BCUT2D eigenvalue weighted by atomic mass is 9.95. The van der Waals surface area contributed by atoms with E-state index in [4.69, 9.17) is 0 Å². The smallest absolute Gasteiger partial charge is 0.320 e. The summed E-state index contributed by atoms with van der Waals surface area (Å²) >= 11 is 1.68. The first-order valence-electron chi connectivity index (χ1n) is 9.35. The van der Waals surface area contributed by atoms with E-state index in [0.29, 0.717) is 25.6 Å². The van der Waals surface area contributed by atoms with Crippen molar-refractivity contribution in [2.24, 2.45) is 11.8 Å². The van der Waals surface area contributed by atoms with E-state index >= 15 is 0 Å². The number of piperidine rings is 1. The van der Waals surface area contributed by atoms with E-state index in [0.717, 1.165) is 19.4 Å². The Balaban J connectivity index is 2.00. The van der Waals surface area contributed by atoms with Gasteiger partial charge in [-0.15, -0.1) is 11.3 Å². The Labute approximate surface area is 155 Å². The molecule has 1 aliphatic heterocycles. The van der Waals surface area contributed by atoms with Crippen LogP contribution in [0.25, 0.3) is 0 Å². The van der Waals surface area contributed by atoms with Gasteiger partial charge in [0.25, 0.3) is 0 Å². The molecule has 0 unspecified atom stereocenters. The van der Waals surface area contributed by atoms with Crippen LogP contribution in [0.5, 0.6) is 0 Å². The third kappa shape index (κ3) is 4.97. The highest BCUT2D eigenvalue weighted by Crippen LogP contribution is 2.27. The molecule has 0 bridgehead atoms. The van der Waals surface area contributed by atoms with Gasteiger partial charge in [-0.1, -0.05) is 19.9 Å². The van der Waals surface area contributed by atoms with Gasteiger partial charge in [0.15, 0.2) is 0 Å². The predicted octanol–water partition coefficient (Wildman–Crippen LogP) is 3.74. The van der Waals surface area contributed by atoms with E-state index < -0.39 is 0 Å². The van der Waals surface area contributed by atoms with Crippen molar-refractivity contribution in [3.8, 4) is 0 Å². The van der Waals surface area contributed by atoms with Crippen molar-refractivity contribution in [1.29, 1.82) is 0 Å². The summed E-state index contributed by atoms with van der Waals surface area (Å²) in [6.07, 6.45) is 1.74. The third-order valence-electron chi connectivity index (χ3n) is 4.91. The molecule has 1 aliphatic rings. The zero-order valence-electron chi connectivity index (χ0n) is 15.8. The van der Waals surface area contributed by atoms with E-state index in [2.05, 4.69) is 25.2 Å². The molecule has 140 valence electrons. The minimum Gasteiger partial charge on any atom is -0.348 e. The van der Waals surface area contributed by atoms with E-state index in [-0.39, 0.29) is 23.9 Å². The summed E-state index contributed by atoms with van der Waals surface area (Å²) in [6, 6.07) is 4.20. The Morgan fingerprint density at radius 2 is 2.08 bits per heavy atom. The van der Waals surface area contributed by atoms with Crippen LogP contribution in [0.1, 0.15) is 51.5 Å². The Bertz CT molecular complexity index is 555. The zero-order chi connectivity index (χ0) is 18.4. The average Bonchev–Trinajstić information content (AvgIpc) is 3.14. The molecule has 0 spiro atoms. The second kappa shape index (κ2) is 9.22. The number of carbonyl (C=O) groups excluding carboxylic acids is 2. The van der Waals surface area contributed by atoms with Crippen molar-refractivity contribution in [1.82, 2.24) is 15.1 Å². The van der Waals surface area contributed by atoms with Crippen molar-refractivity contribution in [3.63, 3.8) is 0 Å². The van der Waals surface area contributed by atoms with Crippen molar-refractivity contribution < 1.29 is 9.59 Å². The van der Waals surface area contributed by atoms with Crippen LogP contribution in [0.15, 0.2) is 17.5 Å². The number of nitrogens with zero attached hydrogens (tertiary/aromatic N) is 2. The summed E-state index contributed by atoms with van der Waals surface area (Å²) in [6.45, 7) is 10.9. The minimum absolute atomic E-state index is 0.0429. The van der Waals surface area contributed by atoms with Crippen LogP contribution in [0.4, 0.5) is 4.79 Å². The maximum Gasteiger partial charge on any atom is 0.320 e. The van der Waals surface area contributed by atoms with Gasteiger partial charge in [-0.25, -0.2) is 4.79 Å². The fourth-order valence-electron chi connectivity index (χ4n) is 3.36. The number of thiophene rings is 1. The fraction of sp³-hybridized carbons (Fsp3) is 0.684. The molecule has 2 atom stereocenters. The molecule has 1 fully saturated rings. The van der Waals surface area contributed by atoms with Gasteiger partial charge in [0.1, 0.15) is 0 Å². The SMILES string of the molecule is CCN(CC)C(=O)N1CCC[C@@H](C(=O)N[C@H](c2cccs2)C(C)C)C1. The molecule has 25 heavy (non-hydrogen) atoms. The van der Waals surface area contributed by atoms with Crippen LogP contribution >= 0.6 is 11.3 Å². The van der Waals surface area contributed by atoms with Gasteiger partial charge < -0.3 is 15.1 Å². The van der Waals surface area contributed by atoms with Crippen LogP contribution in [0, 0.1) is 11.8 Å². The van der Waals surface area contributed by atoms with Crippen molar-refractivity contribution in [3.05, 3.63) is 22.4 Å². The molecule has 1 N–H and O–H groups in total. The van der Waals surface area contributed by atoms with E-state index in [1.807, 2.05) is 35.1 Å². The molecule has 0 saturated carbocycles. The van der Waals surface area contributed by atoms with Gasteiger partial charge in [-0.05, 0) is 44.1 Å². The van der Waals surface area contributed by atoms with E-state index in [1.165, 1.54) is 4.88 Å². The average molecular weight is 366 g/mol. The molecular formula is C19H31N3O2S. The van der Waals surface area contributed by atoms with Gasteiger partial charge in [-0.2, -0.15) is 0 Å². The normalized spacial score (nSPS) is 18.9. The number of urea groups is 1. The molecule has 0 aliphatic carbocycles. The summed E-state index contributed by atoms with van der Waals surface area (Å²) in [7, 11) is 0. The highest BCUT2D eigenvalue weighted by atomic mass is 32.1. The van der Waals surface area contributed by atoms with Crippen molar-refractivity contribution in [2.75, 3.05) is 26.2 Å². The Kier molecular flexibility index (Phi) is 7.29. The minimum atomic E-state index is -0.116. The van der Waals surface area contributed by atoms with Crippen molar-refractivity contribution >= 4 is 23.3 Å². The molecular weight excluding hydrogens is 334 g/mol. The van der Waals surface area contributed by atoms with Gasteiger partial charge in [0.05, 0.1) is 12.0 Å². The summed E-state index contributed by atoms with van der Waals surface area (Å²) in [5.41, 5.74) is 0. The monoisotopic (exact) mass is 365 g/mol. The topological polar surface area (TPSA) is 52.7 Å². The maximum absolute atomic E-state index is 12.8. The van der Waals surface area contributed by atoms with E-state index in [1.54, 1.807) is 11.3 Å². The lowest BCUT2D eigenvalue weighted by Crippen LogP contribution is -2.50. The third-order valence-corrected chi connectivity index (χ3v) is 5.87. The first kappa shape index (κ1) is 19.8. The number of rotatable bonds is 6. The van der Waals surface area contributed by atoms with Gasteiger partial charge in [0.2, 0.25) is 5.91 Å². The largest absolute Gasteiger partial charge is 0.348 e. The van der Waals surface area contributed by atoms with Crippen LogP contribution < -0.4 is 5.32 Å². The maximum atomic E-state index is 12.8. The lowest BCUT2D eigenvalue weighted by molar-refractivity contribution is -0.127. The second-order valence-corrected chi connectivity index (χ2v) is 7.96. The van der Waals surface area contributed by atoms with Gasteiger partial charge in [0, 0.05) is 31.1 Å². The number of hydrogen-bond acceptors (Lipinski definition) is 3. The van der Waals surface area contributed by atoms with Gasteiger partial charge >= 0.3 is 6.03 Å². The molecule has 2 heterocycles. The lowest BCUT2D eigenvalue weighted by Gasteiger charge is -2.36. The van der Waals surface area contributed by atoms with Gasteiger partial charge in [-0.3, -0.25) is 4.79 Å². The molecule has 1 saturated heterocycles. The van der Waals surface area contributed by atoms with Crippen LogP contribution in [0.3, 0.4) is 0 Å². The number of nitrogens with one attached hydrogen (secondary N) is 1. The number of amides is 3. The van der Waals surface area contributed by atoms with Crippen LogP contribution in [-0.4, -0.2) is 47.9 Å². The molecule has 0 radical (unpaired) electrons. The summed E-state index contributed by atoms with van der Waals surface area (Å²) in [5.74, 6) is 0.290. The molecule has 5 nitrogen and oxygen atoms in total. The number of hydrogen-bond donors (Lipinski definition) is 1. The number of carbonyl (C=O) groups is 2. The highest BCUT2D eigenvalue weighted by molar-refractivity contribution is 7.10. The van der Waals surface area contributed by atoms with E-state index in [9.17, 15) is 9.59 Å². The zero-order valence-corrected chi connectivity index (χ0v) is 16.6. The standard InChI is InChI=1S/C19H31N3O2S/c1-5-21(6-2)19(24)22-11-7-9-15(13-22)18(23)20-17(14(3)4)16-10-8-12-25-16/h8,10,12,14-15,17H,5-7,9,11,13H2,1-4H3,(H,20,23)/t15-,17+/m1/s1. The van der Waals surface area contributed by atoms with Crippen molar-refractivity contribution in [2.45, 2.75) is 46.6 Å². The quantitative estimate of drug-likeness (QED) is 0.835. The number of likely N-dealkylation sites (tertiary alicyclic amines) is 1. The molecule has 2 rings (SSSR count). The first-order valence-corrected chi connectivity index (χ1v) is 10.2. The summed E-state index contributed by atoms with van der Waals surface area (Å²) < 4.78 is 0. The van der Waals surface area contributed by atoms with Crippen LogP contribution in [-0.2, 0) is 4.79 Å². The Morgan fingerprint density at radius 3 is 2.64 bits per heavy atom. The summed E-state index contributed by atoms with van der Waals surface area (Å²) in [4.78, 5) is 30.3. The second-order valence-electron chi connectivity index (χ2n) is 6.99. The first-order chi connectivity index (χ1) is 12.0.